The zero-order chi connectivity index (χ0) is 12.3. The molecule has 3 aliphatic rings. The lowest BCUT2D eigenvalue weighted by Gasteiger charge is -2.31. The minimum Gasteiger partial charge on any atom is -0.391 e. The molecule has 4 nitrogen and oxygen atoms in total. The van der Waals surface area contributed by atoms with Crippen LogP contribution in [-0.2, 0) is 4.79 Å². The highest BCUT2D eigenvalue weighted by atomic mass is 16.3. The highest BCUT2D eigenvalue weighted by molar-refractivity contribution is 5.82. The Labute approximate surface area is 102 Å². The van der Waals surface area contributed by atoms with Crippen molar-refractivity contribution in [2.45, 2.75) is 44.9 Å². The fraction of sp³-hybridized carbons (Fsp3) is 0.923. The van der Waals surface area contributed by atoms with Crippen LogP contribution in [0.4, 0.5) is 0 Å². The number of carbonyl (C=O) groups excluding carboxylic acids is 1. The van der Waals surface area contributed by atoms with Gasteiger partial charge in [-0.15, -0.1) is 0 Å². The van der Waals surface area contributed by atoms with Crippen molar-refractivity contribution < 1.29 is 9.90 Å². The maximum Gasteiger partial charge on any atom is 0.240 e. The summed E-state index contributed by atoms with van der Waals surface area (Å²) < 4.78 is 0. The summed E-state index contributed by atoms with van der Waals surface area (Å²) in [7, 11) is 0. The van der Waals surface area contributed by atoms with Gasteiger partial charge in [0.05, 0.1) is 18.2 Å². The summed E-state index contributed by atoms with van der Waals surface area (Å²) in [6, 6.07) is -0.352. The Balaban J connectivity index is 1.80. The van der Waals surface area contributed by atoms with Crippen LogP contribution in [0.5, 0.6) is 0 Å². The number of carbonyl (C=O) groups is 1. The van der Waals surface area contributed by atoms with Gasteiger partial charge in [-0.25, -0.2) is 0 Å². The van der Waals surface area contributed by atoms with Crippen molar-refractivity contribution in [1.29, 1.82) is 0 Å². The lowest BCUT2D eigenvalue weighted by atomic mass is 9.88. The number of hydrogen-bond donors (Lipinski definition) is 2. The predicted octanol–water partition coefficient (Wildman–Crippen LogP) is 0.197. The predicted molar refractivity (Wildman–Crippen MR) is 64.0 cm³/mol. The van der Waals surface area contributed by atoms with Gasteiger partial charge in [-0.1, -0.05) is 13.8 Å². The van der Waals surface area contributed by atoms with Crippen molar-refractivity contribution in [1.82, 2.24) is 4.90 Å². The molecule has 1 aliphatic heterocycles. The standard InChI is InChI=1S/C13H22N2O2/c1-6(2)10(14)13(17)15-5-8-3-7-4-9(8)11(15)12(7)16/h6-12,16H,3-5,14H2,1-2H3/t7?,8?,9?,10-,11?,12?/m1/s1. The number of likely N-dealkylation sites (tertiary alicyclic amines) is 1. The number of aliphatic hydroxyl groups excluding tert-OH is 1. The SMILES string of the molecule is CC(C)[C@@H](N)C(=O)N1CC2CC3CC2C1C3O. The average molecular weight is 238 g/mol. The quantitative estimate of drug-likeness (QED) is 0.722. The van der Waals surface area contributed by atoms with Gasteiger partial charge in [-0.3, -0.25) is 4.79 Å². The zero-order valence-electron chi connectivity index (χ0n) is 10.5. The fourth-order valence-electron chi connectivity index (χ4n) is 4.14. The Morgan fingerprint density at radius 3 is 2.65 bits per heavy atom. The third-order valence-electron chi connectivity index (χ3n) is 5.14. The van der Waals surface area contributed by atoms with Crippen LogP contribution >= 0.6 is 0 Å². The summed E-state index contributed by atoms with van der Waals surface area (Å²) in [4.78, 5) is 14.2. The largest absolute Gasteiger partial charge is 0.391 e. The fourth-order valence-corrected chi connectivity index (χ4v) is 4.14. The highest BCUT2D eigenvalue weighted by Crippen LogP contribution is 2.54. The lowest BCUT2D eigenvalue weighted by molar-refractivity contribution is -0.136. The number of fused-ring (bicyclic) bond motifs is 1. The van der Waals surface area contributed by atoms with E-state index < -0.39 is 6.04 Å². The number of nitrogens with zero attached hydrogens (tertiary/aromatic N) is 1. The molecule has 1 saturated heterocycles. The molecule has 0 aromatic carbocycles. The molecule has 3 rings (SSSR count). The minimum atomic E-state index is -0.418. The normalized spacial score (nSPS) is 44.8. The van der Waals surface area contributed by atoms with Crippen LogP contribution in [0.2, 0.25) is 0 Å². The Hall–Kier alpha value is -0.610. The van der Waals surface area contributed by atoms with Gasteiger partial charge in [0, 0.05) is 6.54 Å². The van der Waals surface area contributed by atoms with E-state index in [2.05, 4.69) is 0 Å². The van der Waals surface area contributed by atoms with Gasteiger partial charge in [-0.05, 0) is 36.5 Å². The number of hydrogen-bond acceptors (Lipinski definition) is 3. The first-order valence-corrected chi connectivity index (χ1v) is 6.74. The molecule has 0 spiro atoms. The summed E-state index contributed by atoms with van der Waals surface area (Å²) in [5, 5.41) is 10.2. The maximum atomic E-state index is 12.3. The van der Waals surface area contributed by atoms with Crippen molar-refractivity contribution in [3.63, 3.8) is 0 Å². The Morgan fingerprint density at radius 2 is 2.06 bits per heavy atom. The summed E-state index contributed by atoms with van der Waals surface area (Å²) in [5.74, 6) is 1.80. The molecule has 1 amide bonds. The second-order valence-electron chi connectivity index (χ2n) is 6.40. The van der Waals surface area contributed by atoms with Gasteiger partial charge >= 0.3 is 0 Å². The van der Waals surface area contributed by atoms with E-state index in [4.69, 9.17) is 5.73 Å². The molecule has 0 aromatic heterocycles. The number of nitrogens with two attached hydrogens (primary N) is 1. The van der Waals surface area contributed by atoms with E-state index >= 15 is 0 Å². The van der Waals surface area contributed by atoms with Crippen LogP contribution in [0.3, 0.4) is 0 Å². The average Bonchev–Trinajstić information content (AvgIpc) is 2.87. The number of rotatable bonds is 2. The van der Waals surface area contributed by atoms with Crippen LogP contribution in [0.1, 0.15) is 26.7 Å². The van der Waals surface area contributed by atoms with Gasteiger partial charge in [0.1, 0.15) is 0 Å². The molecule has 3 N–H and O–H groups in total. The van der Waals surface area contributed by atoms with Crippen LogP contribution in [0.25, 0.3) is 0 Å². The first kappa shape index (κ1) is 11.5. The first-order chi connectivity index (χ1) is 8.00. The topological polar surface area (TPSA) is 66.6 Å². The van der Waals surface area contributed by atoms with E-state index in [1.54, 1.807) is 0 Å². The molecule has 2 aliphatic carbocycles. The molecule has 4 heteroatoms. The van der Waals surface area contributed by atoms with Gasteiger partial charge in [-0.2, -0.15) is 0 Å². The van der Waals surface area contributed by atoms with E-state index in [9.17, 15) is 9.90 Å². The van der Waals surface area contributed by atoms with Crippen molar-refractivity contribution >= 4 is 5.91 Å². The molecule has 96 valence electrons. The van der Waals surface area contributed by atoms with Crippen molar-refractivity contribution in [2.75, 3.05) is 6.54 Å². The van der Waals surface area contributed by atoms with Gasteiger partial charge in [0.25, 0.3) is 0 Å². The second-order valence-corrected chi connectivity index (χ2v) is 6.40. The monoisotopic (exact) mass is 238 g/mol. The Kier molecular flexibility index (Phi) is 2.49. The number of amides is 1. The third-order valence-corrected chi connectivity index (χ3v) is 5.14. The van der Waals surface area contributed by atoms with Crippen molar-refractivity contribution in [3.05, 3.63) is 0 Å². The second kappa shape index (κ2) is 3.69. The van der Waals surface area contributed by atoms with E-state index in [0.29, 0.717) is 17.8 Å². The molecule has 2 bridgehead atoms. The molecular weight excluding hydrogens is 216 g/mol. The van der Waals surface area contributed by atoms with Crippen molar-refractivity contribution in [3.8, 4) is 0 Å². The third kappa shape index (κ3) is 1.47. The molecular formula is C13H22N2O2. The smallest absolute Gasteiger partial charge is 0.240 e. The van der Waals surface area contributed by atoms with Crippen LogP contribution < -0.4 is 5.73 Å². The summed E-state index contributed by atoms with van der Waals surface area (Å²) in [6.45, 7) is 4.77. The van der Waals surface area contributed by atoms with Crippen molar-refractivity contribution in [2.24, 2.45) is 29.4 Å². The minimum absolute atomic E-state index is 0.0408. The van der Waals surface area contributed by atoms with Crippen LogP contribution in [0.15, 0.2) is 0 Å². The van der Waals surface area contributed by atoms with E-state index in [1.807, 2.05) is 18.7 Å². The summed E-state index contributed by atoms with van der Waals surface area (Å²) in [5.41, 5.74) is 5.95. The maximum absolute atomic E-state index is 12.3. The lowest BCUT2D eigenvalue weighted by Crippen LogP contribution is -2.51. The zero-order valence-corrected chi connectivity index (χ0v) is 10.5. The van der Waals surface area contributed by atoms with Crippen LogP contribution in [-0.4, -0.2) is 40.6 Å². The molecule has 17 heavy (non-hydrogen) atoms. The van der Waals surface area contributed by atoms with Gasteiger partial charge in [0.15, 0.2) is 0 Å². The molecule has 2 saturated carbocycles. The molecule has 3 fully saturated rings. The number of aliphatic hydroxyl groups is 1. The Morgan fingerprint density at radius 1 is 1.35 bits per heavy atom. The highest BCUT2D eigenvalue weighted by Gasteiger charge is 2.60. The van der Waals surface area contributed by atoms with Crippen LogP contribution in [0, 0.1) is 23.7 Å². The van der Waals surface area contributed by atoms with Gasteiger partial charge in [0.2, 0.25) is 5.91 Å². The molecule has 0 aromatic rings. The molecule has 0 radical (unpaired) electrons. The van der Waals surface area contributed by atoms with E-state index in [1.165, 1.54) is 0 Å². The first-order valence-electron chi connectivity index (χ1n) is 6.74. The van der Waals surface area contributed by atoms with E-state index in [-0.39, 0.29) is 24.0 Å². The summed E-state index contributed by atoms with van der Waals surface area (Å²) in [6.07, 6.45) is 1.90. The molecule has 5 unspecified atom stereocenters. The molecule has 1 heterocycles. The Bertz CT molecular complexity index is 342. The summed E-state index contributed by atoms with van der Waals surface area (Å²) >= 11 is 0. The van der Waals surface area contributed by atoms with Gasteiger partial charge < -0.3 is 15.7 Å². The van der Waals surface area contributed by atoms with E-state index in [0.717, 1.165) is 19.4 Å². The molecule has 6 atom stereocenters.